The summed E-state index contributed by atoms with van der Waals surface area (Å²) in [6.07, 6.45) is 3.63. The summed E-state index contributed by atoms with van der Waals surface area (Å²) in [4.78, 5) is 15.7. The molecule has 0 aliphatic rings. The number of benzene rings is 2. The van der Waals surface area contributed by atoms with E-state index in [0.29, 0.717) is 6.54 Å². The molecular formula is C24H23N5. The van der Waals surface area contributed by atoms with E-state index in [2.05, 4.69) is 56.6 Å². The second-order valence-corrected chi connectivity index (χ2v) is 6.78. The average molecular weight is 381 g/mol. The maximum Gasteiger partial charge on any atom is 0.139 e. The molecule has 2 heterocycles. The highest BCUT2D eigenvalue weighted by atomic mass is 15.2. The number of hydrogen-bond acceptors (Lipinski definition) is 5. The van der Waals surface area contributed by atoms with Crippen LogP contribution in [0.5, 0.6) is 0 Å². The van der Waals surface area contributed by atoms with Gasteiger partial charge in [0.2, 0.25) is 0 Å². The quantitative estimate of drug-likeness (QED) is 0.481. The molecule has 1 N–H and O–H groups in total. The van der Waals surface area contributed by atoms with Crippen LogP contribution < -0.4 is 10.2 Å². The van der Waals surface area contributed by atoms with Crippen LogP contribution in [0.2, 0.25) is 0 Å². The lowest BCUT2D eigenvalue weighted by Gasteiger charge is -2.25. The van der Waals surface area contributed by atoms with E-state index in [9.17, 15) is 0 Å². The maximum atomic E-state index is 4.72. The van der Waals surface area contributed by atoms with Crippen molar-refractivity contribution in [1.29, 1.82) is 0 Å². The Morgan fingerprint density at radius 3 is 2.28 bits per heavy atom. The summed E-state index contributed by atoms with van der Waals surface area (Å²) in [5.41, 5.74) is 3.42. The molecule has 4 aromatic rings. The fourth-order valence-corrected chi connectivity index (χ4v) is 3.15. The summed E-state index contributed by atoms with van der Waals surface area (Å²) < 4.78 is 0. The van der Waals surface area contributed by atoms with Gasteiger partial charge in [-0.15, -0.1) is 0 Å². The molecule has 144 valence electrons. The number of pyridine rings is 1. The van der Waals surface area contributed by atoms with Gasteiger partial charge in [-0.1, -0.05) is 54.6 Å². The summed E-state index contributed by atoms with van der Waals surface area (Å²) in [5.74, 6) is 2.39. The number of hydrogen-bond donors (Lipinski definition) is 1. The Balaban J connectivity index is 1.64. The van der Waals surface area contributed by atoms with E-state index in [1.165, 1.54) is 5.56 Å². The highest BCUT2D eigenvalue weighted by molar-refractivity contribution is 5.62. The molecule has 29 heavy (non-hydrogen) atoms. The average Bonchev–Trinajstić information content (AvgIpc) is 2.78. The van der Waals surface area contributed by atoms with E-state index in [4.69, 9.17) is 4.98 Å². The van der Waals surface area contributed by atoms with E-state index >= 15 is 0 Å². The molecular weight excluding hydrogens is 358 g/mol. The standard InChI is InChI=1S/C24H23N5/c1-19-27-23(26-17-21-11-8-14-25-16-21)15-24(28-19)29(22-12-6-3-7-13-22)18-20-9-4-2-5-10-20/h2-16H,17-18H2,1H3,(H,26,27,28). The molecule has 0 saturated heterocycles. The van der Waals surface area contributed by atoms with Crippen LogP contribution in [0, 0.1) is 6.92 Å². The van der Waals surface area contributed by atoms with Gasteiger partial charge in [-0.05, 0) is 36.2 Å². The SMILES string of the molecule is Cc1nc(NCc2cccnc2)cc(N(Cc2ccccc2)c2ccccc2)n1. The minimum atomic E-state index is 0.660. The largest absolute Gasteiger partial charge is 0.366 e. The van der Waals surface area contributed by atoms with Crippen LogP contribution in [0.1, 0.15) is 17.0 Å². The first-order valence-corrected chi connectivity index (χ1v) is 9.63. The molecule has 2 aromatic heterocycles. The molecule has 0 amide bonds. The van der Waals surface area contributed by atoms with E-state index in [1.807, 2.05) is 55.6 Å². The zero-order valence-electron chi connectivity index (χ0n) is 16.4. The molecule has 5 heteroatoms. The monoisotopic (exact) mass is 381 g/mol. The van der Waals surface area contributed by atoms with E-state index in [-0.39, 0.29) is 0 Å². The zero-order valence-corrected chi connectivity index (χ0v) is 16.4. The van der Waals surface area contributed by atoms with Crippen molar-refractivity contribution in [3.63, 3.8) is 0 Å². The van der Waals surface area contributed by atoms with Crippen LogP contribution in [-0.4, -0.2) is 15.0 Å². The number of para-hydroxylation sites is 1. The molecule has 0 aliphatic carbocycles. The summed E-state index contributed by atoms with van der Waals surface area (Å²) in [5, 5.41) is 3.39. The van der Waals surface area contributed by atoms with E-state index in [1.54, 1.807) is 6.20 Å². The van der Waals surface area contributed by atoms with Gasteiger partial charge in [0, 0.05) is 37.2 Å². The number of nitrogens with one attached hydrogen (secondary N) is 1. The molecule has 2 aromatic carbocycles. The third-order valence-corrected chi connectivity index (χ3v) is 4.55. The molecule has 0 radical (unpaired) electrons. The van der Waals surface area contributed by atoms with Gasteiger partial charge in [-0.2, -0.15) is 0 Å². The van der Waals surface area contributed by atoms with Crippen LogP contribution in [-0.2, 0) is 13.1 Å². The van der Waals surface area contributed by atoms with Crippen LogP contribution in [0.4, 0.5) is 17.3 Å². The second-order valence-electron chi connectivity index (χ2n) is 6.78. The normalized spacial score (nSPS) is 10.5. The molecule has 0 bridgehead atoms. The molecule has 4 rings (SSSR count). The van der Waals surface area contributed by atoms with Crippen molar-refractivity contribution in [3.05, 3.63) is 108 Å². The van der Waals surface area contributed by atoms with Gasteiger partial charge in [0.15, 0.2) is 0 Å². The Hall–Kier alpha value is -3.73. The number of nitrogens with zero attached hydrogens (tertiary/aromatic N) is 4. The predicted molar refractivity (Wildman–Crippen MR) is 117 cm³/mol. The Labute approximate surface area is 171 Å². The highest BCUT2D eigenvalue weighted by Gasteiger charge is 2.13. The van der Waals surface area contributed by atoms with Crippen molar-refractivity contribution in [2.75, 3.05) is 10.2 Å². The molecule has 0 saturated carbocycles. The van der Waals surface area contributed by atoms with Gasteiger partial charge in [0.25, 0.3) is 0 Å². The summed E-state index contributed by atoms with van der Waals surface area (Å²) in [6.45, 7) is 3.31. The molecule has 0 aliphatic heterocycles. The lowest BCUT2D eigenvalue weighted by Crippen LogP contribution is -2.19. The van der Waals surface area contributed by atoms with E-state index in [0.717, 1.165) is 35.3 Å². The lowest BCUT2D eigenvalue weighted by molar-refractivity contribution is 0.918. The van der Waals surface area contributed by atoms with Crippen molar-refractivity contribution in [1.82, 2.24) is 15.0 Å². The fraction of sp³-hybridized carbons (Fsp3) is 0.125. The first-order chi connectivity index (χ1) is 14.3. The Kier molecular flexibility index (Phi) is 5.76. The van der Waals surface area contributed by atoms with Crippen molar-refractivity contribution in [2.45, 2.75) is 20.0 Å². The van der Waals surface area contributed by atoms with Crippen LogP contribution >= 0.6 is 0 Å². The minimum absolute atomic E-state index is 0.660. The smallest absolute Gasteiger partial charge is 0.139 e. The summed E-state index contributed by atoms with van der Waals surface area (Å²) >= 11 is 0. The highest BCUT2D eigenvalue weighted by Crippen LogP contribution is 2.27. The van der Waals surface area contributed by atoms with Gasteiger partial charge in [-0.25, -0.2) is 9.97 Å². The number of rotatable bonds is 7. The summed E-state index contributed by atoms with van der Waals surface area (Å²) in [7, 11) is 0. The van der Waals surface area contributed by atoms with Crippen molar-refractivity contribution >= 4 is 17.3 Å². The first kappa shape index (κ1) is 18.6. The molecule has 0 unspecified atom stereocenters. The third-order valence-electron chi connectivity index (χ3n) is 4.55. The third kappa shape index (κ3) is 4.96. The van der Waals surface area contributed by atoms with Crippen LogP contribution in [0.3, 0.4) is 0 Å². The van der Waals surface area contributed by atoms with Crippen LogP contribution in [0.15, 0.2) is 91.3 Å². The number of anilines is 3. The number of aryl methyl sites for hydroxylation is 1. The van der Waals surface area contributed by atoms with E-state index < -0.39 is 0 Å². The second kappa shape index (κ2) is 8.97. The summed E-state index contributed by atoms with van der Waals surface area (Å²) in [6, 6.07) is 26.7. The van der Waals surface area contributed by atoms with Gasteiger partial charge in [0.1, 0.15) is 17.5 Å². The van der Waals surface area contributed by atoms with Crippen molar-refractivity contribution < 1.29 is 0 Å². The zero-order chi connectivity index (χ0) is 19.9. The minimum Gasteiger partial charge on any atom is -0.366 e. The molecule has 0 spiro atoms. The van der Waals surface area contributed by atoms with Crippen molar-refractivity contribution in [3.8, 4) is 0 Å². The Morgan fingerprint density at radius 2 is 1.55 bits per heavy atom. The molecule has 0 atom stereocenters. The maximum absolute atomic E-state index is 4.72. The predicted octanol–water partition coefficient (Wildman–Crippen LogP) is 5.13. The topological polar surface area (TPSA) is 53.9 Å². The van der Waals surface area contributed by atoms with Gasteiger partial charge in [0.05, 0.1) is 0 Å². The first-order valence-electron chi connectivity index (χ1n) is 9.63. The molecule has 0 fully saturated rings. The number of aromatic nitrogens is 3. The van der Waals surface area contributed by atoms with Crippen molar-refractivity contribution in [2.24, 2.45) is 0 Å². The Bertz CT molecular complexity index is 1040. The Morgan fingerprint density at radius 1 is 0.828 bits per heavy atom. The van der Waals surface area contributed by atoms with Gasteiger partial charge < -0.3 is 10.2 Å². The molecule has 5 nitrogen and oxygen atoms in total. The van der Waals surface area contributed by atoms with Gasteiger partial charge in [-0.3, -0.25) is 4.98 Å². The van der Waals surface area contributed by atoms with Gasteiger partial charge >= 0.3 is 0 Å². The fourth-order valence-electron chi connectivity index (χ4n) is 3.15. The lowest BCUT2D eigenvalue weighted by atomic mass is 10.2. The van der Waals surface area contributed by atoms with Crippen LogP contribution in [0.25, 0.3) is 0 Å².